The molecule has 1 aliphatic carbocycles. The SMILES string of the molecule is CC1CCN(C[C@@H](O)c2ccc3c(c2)CCN3C(=O)C2CC2)CC1. The lowest BCUT2D eigenvalue weighted by molar-refractivity contribution is -0.119. The number of β-amino-alcohol motifs (C(OH)–C–C–N with tert-alkyl or cyclic N) is 1. The summed E-state index contributed by atoms with van der Waals surface area (Å²) in [7, 11) is 0. The highest BCUT2D eigenvalue weighted by Gasteiger charge is 2.36. The van der Waals surface area contributed by atoms with Crippen molar-refractivity contribution < 1.29 is 9.90 Å². The van der Waals surface area contributed by atoms with Crippen molar-refractivity contribution in [3.05, 3.63) is 29.3 Å². The van der Waals surface area contributed by atoms with Crippen molar-refractivity contribution in [2.75, 3.05) is 31.1 Å². The Balaban J connectivity index is 1.42. The molecule has 4 heteroatoms. The summed E-state index contributed by atoms with van der Waals surface area (Å²) in [6.07, 6.45) is 5.04. The van der Waals surface area contributed by atoms with E-state index in [0.717, 1.165) is 62.6 Å². The quantitative estimate of drug-likeness (QED) is 0.924. The number of aliphatic hydroxyl groups excluding tert-OH is 1. The van der Waals surface area contributed by atoms with E-state index in [1.807, 2.05) is 17.0 Å². The zero-order chi connectivity index (χ0) is 16.7. The van der Waals surface area contributed by atoms with Crippen molar-refractivity contribution in [3.63, 3.8) is 0 Å². The smallest absolute Gasteiger partial charge is 0.230 e. The highest BCUT2D eigenvalue weighted by Crippen LogP contribution is 2.37. The monoisotopic (exact) mass is 328 g/mol. The van der Waals surface area contributed by atoms with Crippen LogP contribution in [-0.2, 0) is 11.2 Å². The van der Waals surface area contributed by atoms with Gasteiger partial charge in [0.15, 0.2) is 0 Å². The van der Waals surface area contributed by atoms with Crippen LogP contribution in [0.15, 0.2) is 18.2 Å². The van der Waals surface area contributed by atoms with Gasteiger partial charge >= 0.3 is 0 Å². The van der Waals surface area contributed by atoms with Crippen LogP contribution in [0.5, 0.6) is 0 Å². The molecule has 4 rings (SSSR count). The van der Waals surface area contributed by atoms with Crippen molar-refractivity contribution in [2.45, 2.75) is 45.1 Å². The van der Waals surface area contributed by atoms with E-state index in [2.05, 4.69) is 17.9 Å². The summed E-state index contributed by atoms with van der Waals surface area (Å²) in [4.78, 5) is 16.7. The van der Waals surface area contributed by atoms with Gasteiger partial charge in [-0.05, 0) is 68.3 Å². The first kappa shape index (κ1) is 16.1. The molecule has 2 aliphatic heterocycles. The maximum Gasteiger partial charge on any atom is 0.230 e. The van der Waals surface area contributed by atoms with Gasteiger partial charge in [-0.25, -0.2) is 0 Å². The number of nitrogens with zero attached hydrogens (tertiary/aromatic N) is 2. The Morgan fingerprint density at radius 3 is 2.67 bits per heavy atom. The van der Waals surface area contributed by atoms with Crippen LogP contribution in [0.3, 0.4) is 0 Å². The fourth-order valence-corrected chi connectivity index (χ4v) is 4.00. The number of carbonyl (C=O) groups is 1. The minimum Gasteiger partial charge on any atom is -0.387 e. The lowest BCUT2D eigenvalue weighted by Gasteiger charge is -2.31. The molecule has 1 amide bonds. The van der Waals surface area contributed by atoms with Gasteiger partial charge in [0.05, 0.1) is 6.10 Å². The summed E-state index contributed by atoms with van der Waals surface area (Å²) in [5.41, 5.74) is 3.27. The largest absolute Gasteiger partial charge is 0.387 e. The van der Waals surface area contributed by atoms with Gasteiger partial charge in [-0.2, -0.15) is 0 Å². The van der Waals surface area contributed by atoms with Crippen molar-refractivity contribution >= 4 is 11.6 Å². The molecule has 3 aliphatic rings. The predicted molar refractivity (Wildman–Crippen MR) is 95.0 cm³/mol. The zero-order valence-corrected chi connectivity index (χ0v) is 14.6. The summed E-state index contributed by atoms with van der Waals surface area (Å²) in [5.74, 6) is 1.38. The van der Waals surface area contributed by atoms with Gasteiger partial charge in [0.25, 0.3) is 0 Å². The molecule has 2 heterocycles. The van der Waals surface area contributed by atoms with Gasteiger partial charge in [-0.3, -0.25) is 4.79 Å². The molecular weight excluding hydrogens is 300 g/mol. The highest BCUT2D eigenvalue weighted by molar-refractivity contribution is 5.98. The van der Waals surface area contributed by atoms with Crippen LogP contribution in [0.25, 0.3) is 0 Å². The molecule has 4 nitrogen and oxygen atoms in total. The molecule has 2 fully saturated rings. The molecule has 1 saturated heterocycles. The molecule has 0 unspecified atom stereocenters. The predicted octanol–water partition coefficient (Wildman–Crippen LogP) is 2.75. The molecular formula is C20H28N2O2. The van der Waals surface area contributed by atoms with Crippen LogP contribution >= 0.6 is 0 Å². The Morgan fingerprint density at radius 2 is 1.96 bits per heavy atom. The van der Waals surface area contributed by atoms with Crippen molar-refractivity contribution in [1.29, 1.82) is 0 Å². The maximum absolute atomic E-state index is 12.3. The molecule has 0 spiro atoms. The standard InChI is InChI=1S/C20H28N2O2/c1-14-6-9-21(10-7-14)13-19(23)17-4-5-18-16(12-17)8-11-22(18)20(24)15-2-3-15/h4-5,12,14-15,19,23H,2-3,6-11,13H2,1H3/t19-/m1/s1. The number of piperidine rings is 1. The van der Waals surface area contributed by atoms with E-state index in [0.29, 0.717) is 5.91 Å². The first-order valence-electron chi connectivity index (χ1n) is 9.46. The van der Waals surface area contributed by atoms with Crippen molar-refractivity contribution in [1.82, 2.24) is 4.90 Å². The molecule has 1 aromatic carbocycles. The van der Waals surface area contributed by atoms with Crippen LogP contribution in [0.4, 0.5) is 5.69 Å². The third-order valence-electron chi connectivity index (χ3n) is 5.88. The molecule has 0 aromatic heterocycles. The molecule has 24 heavy (non-hydrogen) atoms. The third kappa shape index (κ3) is 3.22. The number of rotatable bonds is 4. The Bertz CT molecular complexity index is 618. The number of hydrogen-bond donors (Lipinski definition) is 1. The number of benzene rings is 1. The fraction of sp³-hybridized carbons (Fsp3) is 0.650. The number of likely N-dealkylation sites (tertiary alicyclic amines) is 1. The summed E-state index contributed by atoms with van der Waals surface area (Å²) in [6.45, 7) is 6.01. The average molecular weight is 328 g/mol. The average Bonchev–Trinajstić information content (AvgIpc) is 3.35. The second-order valence-electron chi connectivity index (χ2n) is 7.90. The summed E-state index contributed by atoms with van der Waals surface area (Å²) < 4.78 is 0. The van der Waals surface area contributed by atoms with Crippen LogP contribution in [-0.4, -0.2) is 42.1 Å². The Labute approximate surface area is 144 Å². The van der Waals surface area contributed by atoms with E-state index < -0.39 is 6.10 Å². The third-order valence-corrected chi connectivity index (χ3v) is 5.88. The summed E-state index contributed by atoms with van der Waals surface area (Å²) in [5, 5.41) is 10.6. The lowest BCUT2D eigenvalue weighted by atomic mass is 9.98. The second-order valence-corrected chi connectivity index (χ2v) is 7.90. The first-order chi connectivity index (χ1) is 11.6. The fourth-order valence-electron chi connectivity index (χ4n) is 4.00. The van der Waals surface area contributed by atoms with E-state index in [4.69, 9.17) is 0 Å². The van der Waals surface area contributed by atoms with Gasteiger partial charge in [0, 0.05) is 24.7 Å². The van der Waals surface area contributed by atoms with Gasteiger partial charge in [-0.1, -0.05) is 19.1 Å². The number of carbonyl (C=O) groups excluding carboxylic acids is 1. The second kappa shape index (κ2) is 6.49. The van der Waals surface area contributed by atoms with E-state index in [-0.39, 0.29) is 5.92 Å². The lowest BCUT2D eigenvalue weighted by Crippen LogP contribution is -2.36. The van der Waals surface area contributed by atoms with Crippen molar-refractivity contribution in [3.8, 4) is 0 Å². The highest BCUT2D eigenvalue weighted by atomic mass is 16.3. The first-order valence-corrected chi connectivity index (χ1v) is 9.46. The van der Waals surface area contributed by atoms with E-state index in [9.17, 15) is 9.90 Å². The minimum atomic E-state index is -0.433. The van der Waals surface area contributed by atoms with Crippen LogP contribution < -0.4 is 4.90 Å². The van der Waals surface area contributed by atoms with Crippen LogP contribution in [0, 0.1) is 11.8 Å². The van der Waals surface area contributed by atoms with Crippen LogP contribution in [0.1, 0.15) is 49.8 Å². The number of hydrogen-bond acceptors (Lipinski definition) is 3. The number of fused-ring (bicyclic) bond motifs is 1. The molecule has 1 N–H and O–H groups in total. The summed E-state index contributed by atoms with van der Waals surface area (Å²) >= 11 is 0. The van der Waals surface area contributed by atoms with Gasteiger partial charge in [0.2, 0.25) is 5.91 Å². The van der Waals surface area contributed by atoms with E-state index in [1.165, 1.54) is 18.4 Å². The van der Waals surface area contributed by atoms with Gasteiger partial charge in [0.1, 0.15) is 0 Å². The maximum atomic E-state index is 12.3. The van der Waals surface area contributed by atoms with Crippen LogP contribution in [0.2, 0.25) is 0 Å². The number of aliphatic hydroxyl groups is 1. The van der Waals surface area contributed by atoms with Gasteiger partial charge in [-0.15, -0.1) is 0 Å². The summed E-state index contributed by atoms with van der Waals surface area (Å²) in [6, 6.07) is 6.17. The van der Waals surface area contributed by atoms with Crippen molar-refractivity contribution in [2.24, 2.45) is 11.8 Å². The Hall–Kier alpha value is -1.39. The molecule has 0 bridgehead atoms. The normalized spacial score (nSPS) is 23.3. The topological polar surface area (TPSA) is 43.8 Å². The van der Waals surface area contributed by atoms with E-state index >= 15 is 0 Å². The molecule has 1 aromatic rings. The minimum absolute atomic E-state index is 0.266. The van der Waals surface area contributed by atoms with E-state index in [1.54, 1.807) is 0 Å². The molecule has 1 saturated carbocycles. The Kier molecular flexibility index (Phi) is 4.35. The molecule has 1 atom stereocenters. The zero-order valence-electron chi connectivity index (χ0n) is 14.6. The molecule has 0 radical (unpaired) electrons. The number of anilines is 1. The van der Waals surface area contributed by atoms with Gasteiger partial charge < -0.3 is 14.9 Å². The molecule has 130 valence electrons. The Morgan fingerprint density at radius 1 is 1.21 bits per heavy atom. The number of amides is 1.